The molecule has 0 aliphatic carbocycles. The molecule has 0 unspecified atom stereocenters. The van der Waals surface area contributed by atoms with Crippen LogP contribution in [0.1, 0.15) is 11.1 Å². The van der Waals surface area contributed by atoms with Crippen molar-refractivity contribution in [3.8, 4) is 11.5 Å². The van der Waals surface area contributed by atoms with E-state index in [4.69, 9.17) is 14.2 Å². The highest BCUT2D eigenvalue weighted by Crippen LogP contribution is 2.36. The van der Waals surface area contributed by atoms with Crippen LogP contribution in [-0.4, -0.2) is 54.6 Å². The molecule has 0 bridgehead atoms. The number of aryl methyl sites for hydroxylation is 1. The third-order valence-electron chi connectivity index (χ3n) is 4.53. The third-order valence-corrected chi connectivity index (χ3v) is 4.53. The van der Waals surface area contributed by atoms with Crippen molar-refractivity contribution in [3.63, 3.8) is 0 Å². The Balaban J connectivity index is 1.74. The van der Waals surface area contributed by atoms with Crippen LogP contribution in [0.3, 0.4) is 0 Å². The van der Waals surface area contributed by atoms with Gasteiger partial charge in [-0.3, -0.25) is 9.48 Å². The first kappa shape index (κ1) is 18.3. The van der Waals surface area contributed by atoms with Crippen molar-refractivity contribution in [2.45, 2.75) is 13.0 Å². The molecule has 3 rings (SSSR count). The minimum atomic E-state index is -0.219. The summed E-state index contributed by atoms with van der Waals surface area (Å²) in [4.78, 5) is 14.9. The number of nitrogens with zero attached hydrogens (tertiary/aromatic N) is 3. The van der Waals surface area contributed by atoms with Gasteiger partial charge >= 0.3 is 0 Å². The van der Waals surface area contributed by atoms with Crippen LogP contribution in [0.25, 0.3) is 0 Å². The molecular formula is C19H25N3O4. The highest BCUT2D eigenvalue weighted by molar-refractivity contribution is 5.80. The first-order valence-corrected chi connectivity index (χ1v) is 8.66. The van der Waals surface area contributed by atoms with E-state index in [2.05, 4.69) is 5.10 Å². The molecule has 1 aliphatic heterocycles. The standard InChI is InChI=1S/C19H25N3O4/c1-21-11-14(10-20-21)12-22(7-8-24-2)19(23)16-9-15-5-4-6-17(25-3)18(15)26-13-16/h4-6,10-11,16H,7-9,12-13H2,1-3H3/t16-/m1/s1. The Bertz CT molecular complexity index is 759. The van der Waals surface area contributed by atoms with Crippen molar-refractivity contribution in [1.29, 1.82) is 0 Å². The second kappa shape index (κ2) is 8.23. The SMILES string of the molecule is COCCN(Cc1cnn(C)c1)C(=O)[C@H]1COc2c(cccc2OC)C1. The molecule has 7 nitrogen and oxygen atoms in total. The summed E-state index contributed by atoms with van der Waals surface area (Å²) in [6, 6.07) is 5.78. The summed E-state index contributed by atoms with van der Waals surface area (Å²) in [5, 5.41) is 4.18. The number of carbonyl (C=O) groups excluding carboxylic acids is 1. The lowest BCUT2D eigenvalue weighted by Gasteiger charge is -2.30. The predicted molar refractivity (Wildman–Crippen MR) is 96.2 cm³/mol. The van der Waals surface area contributed by atoms with Gasteiger partial charge in [0.25, 0.3) is 0 Å². The Morgan fingerprint density at radius 3 is 2.96 bits per heavy atom. The van der Waals surface area contributed by atoms with Crippen molar-refractivity contribution in [2.24, 2.45) is 13.0 Å². The van der Waals surface area contributed by atoms with Crippen LogP contribution in [0.5, 0.6) is 11.5 Å². The normalized spacial score (nSPS) is 15.9. The number of aromatic nitrogens is 2. The maximum absolute atomic E-state index is 13.1. The lowest BCUT2D eigenvalue weighted by molar-refractivity contribution is -0.138. The van der Waals surface area contributed by atoms with Gasteiger partial charge in [-0.2, -0.15) is 5.10 Å². The van der Waals surface area contributed by atoms with Crippen LogP contribution in [0.2, 0.25) is 0 Å². The van der Waals surface area contributed by atoms with Gasteiger partial charge in [0, 0.05) is 39.0 Å². The van der Waals surface area contributed by atoms with Crippen molar-refractivity contribution < 1.29 is 19.0 Å². The number of para-hydroxylation sites is 1. The van der Waals surface area contributed by atoms with Crippen LogP contribution in [-0.2, 0) is 29.5 Å². The van der Waals surface area contributed by atoms with E-state index in [1.807, 2.05) is 36.3 Å². The van der Waals surface area contributed by atoms with E-state index in [9.17, 15) is 4.79 Å². The average Bonchev–Trinajstić information content (AvgIpc) is 3.08. The summed E-state index contributed by atoms with van der Waals surface area (Å²) < 4.78 is 18.1. The number of fused-ring (bicyclic) bond motifs is 1. The summed E-state index contributed by atoms with van der Waals surface area (Å²) in [7, 11) is 5.12. The minimum absolute atomic E-state index is 0.0689. The molecular weight excluding hydrogens is 334 g/mol. The fourth-order valence-corrected chi connectivity index (χ4v) is 3.21. The lowest BCUT2D eigenvalue weighted by Crippen LogP contribution is -2.42. The number of carbonyl (C=O) groups is 1. The summed E-state index contributed by atoms with van der Waals surface area (Å²) in [6.45, 7) is 1.88. The van der Waals surface area contributed by atoms with E-state index in [1.54, 1.807) is 25.1 Å². The number of methoxy groups -OCH3 is 2. The number of ether oxygens (including phenoxy) is 3. The van der Waals surface area contributed by atoms with Crippen molar-refractivity contribution in [2.75, 3.05) is 34.0 Å². The molecule has 1 aromatic carbocycles. The monoisotopic (exact) mass is 359 g/mol. The molecule has 2 aromatic rings. The van der Waals surface area contributed by atoms with E-state index < -0.39 is 0 Å². The Kier molecular flexibility index (Phi) is 5.78. The van der Waals surface area contributed by atoms with Gasteiger partial charge in [-0.15, -0.1) is 0 Å². The van der Waals surface area contributed by atoms with Gasteiger partial charge < -0.3 is 19.1 Å². The van der Waals surface area contributed by atoms with Crippen LogP contribution in [0, 0.1) is 5.92 Å². The van der Waals surface area contributed by atoms with Crippen LogP contribution < -0.4 is 9.47 Å². The summed E-state index contributed by atoms with van der Waals surface area (Å²) >= 11 is 0. The van der Waals surface area contributed by atoms with Crippen molar-refractivity contribution in [1.82, 2.24) is 14.7 Å². The minimum Gasteiger partial charge on any atom is -0.493 e. The second-order valence-corrected chi connectivity index (χ2v) is 6.44. The largest absolute Gasteiger partial charge is 0.493 e. The molecule has 1 aromatic heterocycles. The Morgan fingerprint density at radius 2 is 2.27 bits per heavy atom. The molecule has 1 amide bonds. The zero-order chi connectivity index (χ0) is 18.5. The fraction of sp³-hybridized carbons (Fsp3) is 0.474. The smallest absolute Gasteiger partial charge is 0.229 e. The van der Waals surface area contributed by atoms with Crippen LogP contribution >= 0.6 is 0 Å². The van der Waals surface area contributed by atoms with Crippen LogP contribution in [0.4, 0.5) is 0 Å². The summed E-state index contributed by atoms with van der Waals surface area (Å²) in [5.41, 5.74) is 2.00. The number of benzene rings is 1. The number of rotatable bonds is 7. The van der Waals surface area contributed by atoms with Gasteiger partial charge in [-0.1, -0.05) is 12.1 Å². The molecule has 0 spiro atoms. The Labute approximate surface area is 153 Å². The third kappa shape index (κ3) is 3.99. The molecule has 1 atom stereocenters. The van der Waals surface area contributed by atoms with Crippen molar-refractivity contribution >= 4 is 5.91 Å². The van der Waals surface area contributed by atoms with E-state index >= 15 is 0 Å². The van der Waals surface area contributed by atoms with Gasteiger partial charge in [0.1, 0.15) is 6.61 Å². The molecule has 1 aliphatic rings. The molecule has 140 valence electrons. The van der Waals surface area contributed by atoms with Gasteiger partial charge in [0.15, 0.2) is 11.5 Å². The number of hydrogen-bond acceptors (Lipinski definition) is 5. The first-order valence-electron chi connectivity index (χ1n) is 8.66. The Morgan fingerprint density at radius 1 is 1.42 bits per heavy atom. The fourth-order valence-electron chi connectivity index (χ4n) is 3.21. The van der Waals surface area contributed by atoms with E-state index in [0.717, 1.165) is 16.9 Å². The van der Waals surface area contributed by atoms with Gasteiger partial charge in [0.05, 0.1) is 25.8 Å². The molecule has 2 heterocycles. The molecule has 0 saturated heterocycles. The molecule has 26 heavy (non-hydrogen) atoms. The zero-order valence-corrected chi connectivity index (χ0v) is 15.5. The van der Waals surface area contributed by atoms with Crippen molar-refractivity contribution in [3.05, 3.63) is 41.7 Å². The molecule has 0 fully saturated rings. The van der Waals surface area contributed by atoms with E-state index in [0.29, 0.717) is 38.5 Å². The molecule has 0 radical (unpaired) electrons. The van der Waals surface area contributed by atoms with Gasteiger partial charge in [0.2, 0.25) is 5.91 Å². The first-order chi connectivity index (χ1) is 12.6. The maximum Gasteiger partial charge on any atom is 0.229 e. The second-order valence-electron chi connectivity index (χ2n) is 6.44. The van der Waals surface area contributed by atoms with E-state index in [1.165, 1.54) is 0 Å². The molecule has 7 heteroatoms. The highest BCUT2D eigenvalue weighted by atomic mass is 16.5. The Hall–Kier alpha value is -2.54. The van der Waals surface area contributed by atoms with Gasteiger partial charge in [-0.05, 0) is 18.1 Å². The quantitative estimate of drug-likeness (QED) is 0.752. The maximum atomic E-state index is 13.1. The highest BCUT2D eigenvalue weighted by Gasteiger charge is 2.31. The van der Waals surface area contributed by atoms with Gasteiger partial charge in [-0.25, -0.2) is 0 Å². The zero-order valence-electron chi connectivity index (χ0n) is 15.5. The summed E-state index contributed by atoms with van der Waals surface area (Å²) in [6.07, 6.45) is 4.34. The molecule has 0 N–H and O–H groups in total. The molecule has 0 saturated carbocycles. The van der Waals surface area contributed by atoms with E-state index in [-0.39, 0.29) is 11.8 Å². The number of hydrogen-bond donors (Lipinski definition) is 0. The predicted octanol–water partition coefficient (Wildman–Crippen LogP) is 1.65. The average molecular weight is 359 g/mol. The lowest BCUT2D eigenvalue weighted by atomic mass is 9.95. The topological polar surface area (TPSA) is 65.8 Å². The van der Waals surface area contributed by atoms with Crippen LogP contribution in [0.15, 0.2) is 30.6 Å². The number of amides is 1. The summed E-state index contributed by atoms with van der Waals surface area (Å²) in [5.74, 6) is 1.30.